The average Bonchev–Trinajstić information content (AvgIpc) is 3.06. The summed E-state index contributed by atoms with van der Waals surface area (Å²) in [5, 5.41) is 13.4. The standard InChI is InChI=1S/C20H32N2O3/c1-3-14-13-19(25-18(14)4-2)20(24)21-15-9-11-22(12-10-15)16-7-5-6-8-17(16)23/h13,15-17,23H,3-12H2,1-2H3,(H,21,24). The summed E-state index contributed by atoms with van der Waals surface area (Å²) in [4.78, 5) is 14.9. The molecule has 140 valence electrons. The molecule has 0 radical (unpaired) electrons. The molecule has 1 saturated heterocycles. The SMILES string of the molecule is CCc1cc(C(=O)NC2CCN(C3CCCCC3O)CC2)oc1CC. The zero-order chi connectivity index (χ0) is 17.8. The van der Waals surface area contributed by atoms with Crippen LogP contribution in [-0.2, 0) is 12.8 Å². The molecule has 5 nitrogen and oxygen atoms in total. The lowest BCUT2D eigenvalue weighted by atomic mass is 9.89. The van der Waals surface area contributed by atoms with Crippen molar-refractivity contribution in [3.63, 3.8) is 0 Å². The fourth-order valence-electron chi connectivity index (χ4n) is 4.33. The van der Waals surface area contributed by atoms with E-state index in [-0.39, 0.29) is 18.1 Å². The largest absolute Gasteiger partial charge is 0.456 e. The van der Waals surface area contributed by atoms with Crippen LogP contribution in [0.3, 0.4) is 0 Å². The lowest BCUT2D eigenvalue weighted by Gasteiger charge is -2.41. The number of carbonyl (C=O) groups excluding carboxylic acids is 1. The molecule has 0 spiro atoms. The first-order chi connectivity index (χ1) is 12.1. The fraction of sp³-hybridized carbons (Fsp3) is 0.750. The zero-order valence-corrected chi connectivity index (χ0v) is 15.6. The molecule has 3 rings (SSSR count). The maximum absolute atomic E-state index is 12.5. The highest BCUT2D eigenvalue weighted by molar-refractivity contribution is 5.92. The Morgan fingerprint density at radius 3 is 2.52 bits per heavy atom. The Morgan fingerprint density at radius 1 is 1.20 bits per heavy atom. The highest BCUT2D eigenvalue weighted by Gasteiger charge is 2.32. The number of furan rings is 1. The molecule has 25 heavy (non-hydrogen) atoms. The van der Waals surface area contributed by atoms with E-state index < -0.39 is 0 Å². The number of carbonyl (C=O) groups is 1. The number of rotatable bonds is 5. The Balaban J connectivity index is 1.51. The third kappa shape index (κ3) is 4.26. The normalized spacial score (nSPS) is 25.9. The first-order valence-corrected chi connectivity index (χ1v) is 9.96. The molecule has 1 aromatic rings. The maximum atomic E-state index is 12.5. The number of aliphatic hydroxyl groups excluding tert-OH is 1. The highest BCUT2D eigenvalue weighted by atomic mass is 16.4. The highest BCUT2D eigenvalue weighted by Crippen LogP contribution is 2.26. The molecule has 1 amide bonds. The van der Waals surface area contributed by atoms with Gasteiger partial charge in [0.05, 0.1) is 6.10 Å². The molecule has 1 saturated carbocycles. The van der Waals surface area contributed by atoms with Crippen LogP contribution in [-0.4, -0.2) is 47.2 Å². The van der Waals surface area contributed by atoms with Crippen molar-refractivity contribution in [1.29, 1.82) is 0 Å². The Labute approximate surface area is 150 Å². The fourth-order valence-corrected chi connectivity index (χ4v) is 4.33. The predicted molar refractivity (Wildman–Crippen MR) is 97.8 cm³/mol. The van der Waals surface area contributed by atoms with Crippen molar-refractivity contribution in [1.82, 2.24) is 10.2 Å². The number of nitrogens with zero attached hydrogens (tertiary/aromatic N) is 1. The number of nitrogens with one attached hydrogen (secondary N) is 1. The van der Waals surface area contributed by atoms with Crippen LogP contribution in [0.4, 0.5) is 0 Å². The van der Waals surface area contributed by atoms with E-state index in [0.717, 1.165) is 69.4 Å². The van der Waals surface area contributed by atoms with Gasteiger partial charge >= 0.3 is 0 Å². The van der Waals surface area contributed by atoms with Gasteiger partial charge in [-0.15, -0.1) is 0 Å². The summed E-state index contributed by atoms with van der Waals surface area (Å²) < 4.78 is 5.73. The van der Waals surface area contributed by atoms with Crippen molar-refractivity contribution in [2.75, 3.05) is 13.1 Å². The number of piperidine rings is 1. The molecule has 1 aliphatic heterocycles. The molecule has 2 unspecified atom stereocenters. The Bertz CT molecular complexity index is 554. The molecular formula is C20H32N2O3. The molecule has 2 fully saturated rings. The summed E-state index contributed by atoms with van der Waals surface area (Å²) in [6.07, 6.45) is 7.81. The second-order valence-corrected chi connectivity index (χ2v) is 7.47. The molecule has 2 heterocycles. The van der Waals surface area contributed by atoms with E-state index in [9.17, 15) is 9.90 Å². The van der Waals surface area contributed by atoms with Crippen LogP contribution in [0.1, 0.15) is 74.3 Å². The molecule has 2 N–H and O–H groups in total. The summed E-state index contributed by atoms with van der Waals surface area (Å²) in [6, 6.07) is 2.40. The van der Waals surface area contributed by atoms with Gasteiger partial charge in [-0.1, -0.05) is 26.7 Å². The monoisotopic (exact) mass is 348 g/mol. The molecule has 0 bridgehead atoms. The number of hydrogen-bond acceptors (Lipinski definition) is 4. The van der Waals surface area contributed by atoms with Crippen molar-refractivity contribution < 1.29 is 14.3 Å². The number of hydrogen-bond donors (Lipinski definition) is 2. The Morgan fingerprint density at radius 2 is 1.92 bits per heavy atom. The smallest absolute Gasteiger partial charge is 0.287 e. The molecule has 1 aliphatic carbocycles. The first-order valence-electron chi connectivity index (χ1n) is 9.96. The summed E-state index contributed by atoms with van der Waals surface area (Å²) >= 11 is 0. The minimum atomic E-state index is -0.178. The third-order valence-electron chi connectivity index (χ3n) is 5.85. The van der Waals surface area contributed by atoms with E-state index in [2.05, 4.69) is 24.1 Å². The van der Waals surface area contributed by atoms with Crippen LogP contribution in [0.25, 0.3) is 0 Å². The minimum Gasteiger partial charge on any atom is -0.456 e. The number of aliphatic hydroxyl groups is 1. The summed E-state index contributed by atoms with van der Waals surface area (Å²) in [5.41, 5.74) is 1.13. The molecular weight excluding hydrogens is 316 g/mol. The topological polar surface area (TPSA) is 65.7 Å². The van der Waals surface area contributed by atoms with Gasteiger partial charge in [-0.2, -0.15) is 0 Å². The van der Waals surface area contributed by atoms with Crippen LogP contribution >= 0.6 is 0 Å². The van der Waals surface area contributed by atoms with E-state index in [0.29, 0.717) is 11.8 Å². The van der Waals surface area contributed by atoms with Gasteiger partial charge in [0.1, 0.15) is 5.76 Å². The maximum Gasteiger partial charge on any atom is 0.287 e. The van der Waals surface area contributed by atoms with Gasteiger partial charge in [0.2, 0.25) is 0 Å². The van der Waals surface area contributed by atoms with Crippen molar-refractivity contribution in [3.05, 3.63) is 23.2 Å². The minimum absolute atomic E-state index is 0.0921. The van der Waals surface area contributed by atoms with Crippen LogP contribution in [0.2, 0.25) is 0 Å². The molecule has 0 aromatic carbocycles. The van der Waals surface area contributed by atoms with Crippen molar-refractivity contribution in [2.45, 2.75) is 83.4 Å². The molecule has 2 atom stereocenters. The Hall–Kier alpha value is -1.33. The van der Waals surface area contributed by atoms with Crippen molar-refractivity contribution in [3.8, 4) is 0 Å². The van der Waals surface area contributed by atoms with Gasteiger partial charge in [0, 0.05) is 31.6 Å². The summed E-state index contributed by atoms with van der Waals surface area (Å²) in [5.74, 6) is 1.28. The van der Waals surface area contributed by atoms with Crippen LogP contribution in [0.5, 0.6) is 0 Å². The predicted octanol–water partition coefficient (Wildman–Crippen LogP) is 2.90. The van der Waals surface area contributed by atoms with Gasteiger partial charge in [-0.25, -0.2) is 0 Å². The summed E-state index contributed by atoms with van der Waals surface area (Å²) in [6.45, 7) is 6.03. The summed E-state index contributed by atoms with van der Waals surface area (Å²) in [7, 11) is 0. The van der Waals surface area contributed by atoms with Crippen LogP contribution < -0.4 is 5.32 Å². The zero-order valence-electron chi connectivity index (χ0n) is 15.6. The quantitative estimate of drug-likeness (QED) is 0.859. The Kier molecular flexibility index (Phi) is 6.18. The average molecular weight is 348 g/mol. The van der Waals surface area contributed by atoms with E-state index in [4.69, 9.17) is 4.42 Å². The van der Waals surface area contributed by atoms with Crippen LogP contribution in [0.15, 0.2) is 10.5 Å². The van der Waals surface area contributed by atoms with Gasteiger partial charge in [0.25, 0.3) is 5.91 Å². The molecule has 1 aromatic heterocycles. The third-order valence-corrected chi connectivity index (χ3v) is 5.85. The van der Waals surface area contributed by atoms with Gasteiger partial charge in [-0.3, -0.25) is 9.69 Å². The lowest BCUT2D eigenvalue weighted by molar-refractivity contribution is 0.00721. The van der Waals surface area contributed by atoms with Gasteiger partial charge < -0.3 is 14.8 Å². The second-order valence-electron chi connectivity index (χ2n) is 7.47. The van der Waals surface area contributed by atoms with Gasteiger partial charge in [0.15, 0.2) is 5.76 Å². The van der Waals surface area contributed by atoms with Crippen molar-refractivity contribution >= 4 is 5.91 Å². The van der Waals surface area contributed by atoms with Crippen molar-refractivity contribution in [2.24, 2.45) is 0 Å². The molecule has 5 heteroatoms. The number of likely N-dealkylation sites (tertiary alicyclic amines) is 1. The second kappa shape index (κ2) is 8.37. The van der Waals surface area contributed by atoms with E-state index in [1.807, 2.05) is 6.07 Å². The number of amides is 1. The van der Waals surface area contributed by atoms with Crippen LogP contribution in [0, 0.1) is 0 Å². The first kappa shape index (κ1) is 18.5. The number of aryl methyl sites for hydroxylation is 2. The van der Waals surface area contributed by atoms with E-state index in [1.165, 1.54) is 6.42 Å². The van der Waals surface area contributed by atoms with Gasteiger partial charge in [-0.05, 0) is 43.7 Å². The lowest BCUT2D eigenvalue weighted by Crippen LogP contribution is -2.52. The van der Waals surface area contributed by atoms with E-state index in [1.54, 1.807) is 0 Å². The molecule has 2 aliphatic rings. The van der Waals surface area contributed by atoms with E-state index >= 15 is 0 Å².